The van der Waals surface area contributed by atoms with Gasteiger partial charge in [0, 0.05) is 10.5 Å². The third kappa shape index (κ3) is 3.11. The van der Waals surface area contributed by atoms with E-state index in [1.807, 2.05) is 25.1 Å². The molecule has 0 radical (unpaired) electrons. The third-order valence-electron chi connectivity index (χ3n) is 2.85. The van der Waals surface area contributed by atoms with Crippen molar-refractivity contribution in [3.05, 3.63) is 52.0 Å². The molecule has 0 heterocycles. The average molecular weight is 335 g/mol. The lowest BCUT2D eigenvalue weighted by molar-refractivity contribution is 0.408. The van der Waals surface area contributed by atoms with Gasteiger partial charge in [-0.25, -0.2) is 0 Å². The first-order valence-electron chi connectivity index (χ1n) is 5.97. The van der Waals surface area contributed by atoms with Crippen LogP contribution in [0.5, 0.6) is 17.2 Å². The summed E-state index contributed by atoms with van der Waals surface area (Å²) in [6, 6.07) is 10.9. The fourth-order valence-corrected chi connectivity index (χ4v) is 2.08. The van der Waals surface area contributed by atoms with E-state index in [4.69, 9.17) is 20.6 Å². The van der Waals surface area contributed by atoms with Crippen molar-refractivity contribution >= 4 is 21.8 Å². The first-order chi connectivity index (χ1) is 9.51. The highest BCUT2D eigenvalue weighted by molar-refractivity contribution is 9.10. The van der Waals surface area contributed by atoms with E-state index in [9.17, 15) is 0 Å². The van der Waals surface area contributed by atoms with Crippen molar-refractivity contribution in [3.63, 3.8) is 0 Å². The number of ether oxygens (including phenoxy) is 2. The first kappa shape index (κ1) is 14.4. The van der Waals surface area contributed by atoms with Crippen LogP contribution in [0.25, 0.3) is 0 Å². The summed E-state index contributed by atoms with van der Waals surface area (Å²) >= 11 is 3.41. The van der Waals surface area contributed by atoms with Crippen molar-refractivity contribution < 1.29 is 9.47 Å². The molecule has 0 bridgehead atoms. The standard InChI is InChI=1S/C15H15BrN2O2/c1-9-3-4-10(16)7-13(9)20-14-8-11(19-2)5-6-12(14)15(17)18/h3-8H,1-2H3,(H3,17,18). The van der Waals surface area contributed by atoms with E-state index in [-0.39, 0.29) is 5.84 Å². The van der Waals surface area contributed by atoms with E-state index in [1.165, 1.54) is 0 Å². The molecule has 2 aromatic rings. The molecule has 104 valence electrons. The molecule has 0 saturated carbocycles. The summed E-state index contributed by atoms with van der Waals surface area (Å²) in [5, 5.41) is 7.61. The number of methoxy groups -OCH3 is 1. The quantitative estimate of drug-likeness (QED) is 0.659. The van der Waals surface area contributed by atoms with Gasteiger partial charge in [0.15, 0.2) is 0 Å². The van der Waals surface area contributed by atoms with Crippen LogP contribution in [-0.2, 0) is 0 Å². The summed E-state index contributed by atoms with van der Waals surface area (Å²) < 4.78 is 12.0. The van der Waals surface area contributed by atoms with Gasteiger partial charge in [0.1, 0.15) is 23.1 Å². The highest BCUT2D eigenvalue weighted by Gasteiger charge is 2.11. The predicted octanol–water partition coefficient (Wildman–Crippen LogP) is 3.84. The number of benzene rings is 2. The maximum Gasteiger partial charge on any atom is 0.142 e. The second kappa shape index (κ2) is 5.96. The lowest BCUT2D eigenvalue weighted by Gasteiger charge is -2.13. The van der Waals surface area contributed by atoms with Crippen LogP contribution in [0.4, 0.5) is 0 Å². The number of hydrogen-bond donors (Lipinski definition) is 2. The molecule has 5 heteroatoms. The number of nitrogen functional groups attached to an aromatic ring is 1. The van der Waals surface area contributed by atoms with Gasteiger partial charge in [-0.15, -0.1) is 0 Å². The van der Waals surface area contributed by atoms with E-state index in [1.54, 1.807) is 25.3 Å². The topological polar surface area (TPSA) is 68.3 Å². The second-order valence-electron chi connectivity index (χ2n) is 4.29. The van der Waals surface area contributed by atoms with Gasteiger partial charge in [0.2, 0.25) is 0 Å². The molecule has 20 heavy (non-hydrogen) atoms. The molecule has 0 aliphatic carbocycles. The Balaban J connectivity index is 2.45. The van der Waals surface area contributed by atoms with Crippen molar-refractivity contribution in [1.82, 2.24) is 0 Å². The van der Waals surface area contributed by atoms with E-state index >= 15 is 0 Å². The Hall–Kier alpha value is -2.01. The Morgan fingerprint density at radius 2 is 1.90 bits per heavy atom. The fourth-order valence-electron chi connectivity index (χ4n) is 1.74. The zero-order chi connectivity index (χ0) is 14.7. The molecular formula is C15H15BrN2O2. The van der Waals surface area contributed by atoms with E-state index in [0.717, 1.165) is 10.0 Å². The molecule has 2 rings (SSSR count). The number of halogens is 1. The smallest absolute Gasteiger partial charge is 0.142 e. The van der Waals surface area contributed by atoms with Crippen LogP contribution in [0, 0.1) is 12.3 Å². The molecule has 0 amide bonds. The number of aryl methyl sites for hydroxylation is 1. The summed E-state index contributed by atoms with van der Waals surface area (Å²) in [5.74, 6) is 1.81. The van der Waals surface area contributed by atoms with Crippen LogP contribution < -0.4 is 15.2 Å². The minimum Gasteiger partial charge on any atom is -0.497 e. The van der Waals surface area contributed by atoms with Crippen molar-refractivity contribution in [2.75, 3.05) is 7.11 Å². The molecule has 0 fully saturated rings. The SMILES string of the molecule is COc1ccc(C(=N)N)c(Oc2cc(Br)ccc2C)c1. The monoisotopic (exact) mass is 334 g/mol. The Morgan fingerprint density at radius 3 is 2.55 bits per heavy atom. The summed E-state index contributed by atoms with van der Waals surface area (Å²) in [6.45, 7) is 1.95. The van der Waals surface area contributed by atoms with Crippen LogP contribution >= 0.6 is 15.9 Å². The van der Waals surface area contributed by atoms with Gasteiger partial charge in [0.25, 0.3) is 0 Å². The third-order valence-corrected chi connectivity index (χ3v) is 3.34. The van der Waals surface area contributed by atoms with Crippen molar-refractivity contribution in [1.29, 1.82) is 5.41 Å². The molecule has 0 aliphatic rings. The molecule has 0 aliphatic heterocycles. The fraction of sp³-hybridized carbons (Fsp3) is 0.133. The van der Waals surface area contributed by atoms with Crippen LogP contribution in [0.2, 0.25) is 0 Å². The summed E-state index contributed by atoms with van der Waals surface area (Å²) in [7, 11) is 1.58. The van der Waals surface area contributed by atoms with Crippen LogP contribution in [0.1, 0.15) is 11.1 Å². The van der Waals surface area contributed by atoms with Crippen LogP contribution in [0.15, 0.2) is 40.9 Å². The Kier molecular flexibility index (Phi) is 4.29. The highest BCUT2D eigenvalue weighted by atomic mass is 79.9. The maximum absolute atomic E-state index is 7.61. The second-order valence-corrected chi connectivity index (χ2v) is 5.20. The summed E-state index contributed by atoms with van der Waals surface area (Å²) in [6.07, 6.45) is 0. The zero-order valence-corrected chi connectivity index (χ0v) is 12.8. The number of rotatable bonds is 4. The Labute approximate surface area is 126 Å². The molecule has 4 nitrogen and oxygen atoms in total. The maximum atomic E-state index is 7.61. The average Bonchev–Trinajstić information content (AvgIpc) is 2.42. The van der Waals surface area contributed by atoms with Gasteiger partial charge >= 0.3 is 0 Å². The number of nitrogens with two attached hydrogens (primary N) is 1. The van der Waals surface area contributed by atoms with Gasteiger partial charge in [-0.2, -0.15) is 0 Å². The minimum absolute atomic E-state index is 0.0460. The normalized spacial score (nSPS) is 10.2. The van der Waals surface area contributed by atoms with E-state index < -0.39 is 0 Å². The molecule has 2 aromatic carbocycles. The van der Waals surface area contributed by atoms with Crippen LogP contribution in [0.3, 0.4) is 0 Å². The van der Waals surface area contributed by atoms with E-state index in [2.05, 4.69) is 15.9 Å². The summed E-state index contributed by atoms with van der Waals surface area (Å²) in [4.78, 5) is 0. The van der Waals surface area contributed by atoms with Crippen LogP contribution in [-0.4, -0.2) is 12.9 Å². The lowest BCUT2D eigenvalue weighted by atomic mass is 10.1. The molecule has 3 N–H and O–H groups in total. The molecule has 0 unspecified atom stereocenters. The summed E-state index contributed by atoms with van der Waals surface area (Å²) in [5.41, 5.74) is 7.10. The molecule has 0 spiro atoms. The molecule has 0 aromatic heterocycles. The first-order valence-corrected chi connectivity index (χ1v) is 6.77. The van der Waals surface area contributed by atoms with Crippen molar-refractivity contribution in [2.45, 2.75) is 6.92 Å². The predicted molar refractivity (Wildman–Crippen MR) is 83.0 cm³/mol. The lowest BCUT2D eigenvalue weighted by Crippen LogP contribution is -2.12. The molecule has 0 atom stereocenters. The minimum atomic E-state index is -0.0460. The van der Waals surface area contributed by atoms with E-state index in [0.29, 0.717) is 22.8 Å². The number of amidine groups is 1. The molecule has 0 saturated heterocycles. The van der Waals surface area contributed by atoms with Gasteiger partial charge in [-0.05, 0) is 36.8 Å². The number of hydrogen-bond acceptors (Lipinski definition) is 3. The van der Waals surface area contributed by atoms with Gasteiger partial charge < -0.3 is 15.2 Å². The highest BCUT2D eigenvalue weighted by Crippen LogP contribution is 2.32. The number of nitrogens with one attached hydrogen (secondary N) is 1. The Morgan fingerprint density at radius 1 is 1.15 bits per heavy atom. The van der Waals surface area contributed by atoms with Crippen molar-refractivity contribution in [2.24, 2.45) is 5.73 Å². The Bertz CT molecular complexity index is 656. The van der Waals surface area contributed by atoms with Gasteiger partial charge in [-0.3, -0.25) is 5.41 Å². The largest absolute Gasteiger partial charge is 0.497 e. The molecular weight excluding hydrogens is 320 g/mol. The van der Waals surface area contributed by atoms with Gasteiger partial charge in [-0.1, -0.05) is 22.0 Å². The van der Waals surface area contributed by atoms with Gasteiger partial charge in [0.05, 0.1) is 12.7 Å². The van der Waals surface area contributed by atoms with Crippen molar-refractivity contribution in [3.8, 4) is 17.2 Å². The zero-order valence-electron chi connectivity index (χ0n) is 11.2.